The van der Waals surface area contributed by atoms with Gasteiger partial charge in [-0.25, -0.2) is 8.78 Å². The Labute approximate surface area is 108 Å². The molecule has 6 heteroatoms. The SMILES string of the molecule is O=C(O)C1(Cc2ccccc2O)COCCC1(F)F. The molecule has 4 nitrogen and oxygen atoms in total. The van der Waals surface area contributed by atoms with Crippen molar-refractivity contribution >= 4 is 5.97 Å². The van der Waals surface area contributed by atoms with Crippen LogP contribution in [0, 0.1) is 5.41 Å². The van der Waals surface area contributed by atoms with Crippen LogP contribution in [-0.4, -0.2) is 35.3 Å². The van der Waals surface area contributed by atoms with Crippen molar-refractivity contribution in [2.75, 3.05) is 13.2 Å². The first-order valence-electron chi connectivity index (χ1n) is 5.85. The van der Waals surface area contributed by atoms with Crippen molar-refractivity contribution in [3.8, 4) is 5.75 Å². The molecular weight excluding hydrogens is 258 g/mol. The second-order valence-corrected chi connectivity index (χ2v) is 4.70. The largest absolute Gasteiger partial charge is 0.508 e. The number of carboxylic acid groups (broad SMARTS) is 1. The van der Waals surface area contributed by atoms with Gasteiger partial charge in [-0.2, -0.15) is 0 Å². The maximum Gasteiger partial charge on any atom is 0.318 e. The van der Waals surface area contributed by atoms with Crippen molar-refractivity contribution in [3.63, 3.8) is 0 Å². The average molecular weight is 272 g/mol. The molecule has 19 heavy (non-hydrogen) atoms. The van der Waals surface area contributed by atoms with E-state index in [-0.39, 0.29) is 17.9 Å². The molecule has 2 N–H and O–H groups in total. The van der Waals surface area contributed by atoms with Crippen molar-refractivity contribution < 1.29 is 28.5 Å². The topological polar surface area (TPSA) is 66.8 Å². The average Bonchev–Trinajstić information content (AvgIpc) is 2.34. The Morgan fingerprint density at radius 3 is 2.63 bits per heavy atom. The quantitative estimate of drug-likeness (QED) is 0.884. The number of benzene rings is 1. The molecule has 0 radical (unpaired) electrons. The van der Waals surface area contributed by atoms with E-state index in [0.717, 1.165) is 0 Å². The van der Waals surface area contributed by atoms with E-state index in [1.165, 1.54) is 12.1 Å². The second-order valence-electron chi connectivity index (χ2n) is 4.70. The van der Waals surface area contributed by atoms with Crippen LogP contribution in [0.15, 0.2) is 24.3 Å². The summed E-state index contributed by atoms with van der Waals surface area (Å²) in [5.74, 6) is -5.18. The molecule has 0 aliphatic carbocycles. The number of para-hydroxylation sites is 1. The Kier molecular flexibility index (Phi) is 3.45. The third kappa shape index (κ3) is 2.28. The predicted molar refractivity (Wildman–Crippen MR) is 62.3 cm³/mol. The van der Waals surface area contributed by atoms with Crippen molar-refractivity contribution in [1.82, 2.24) is 0 Å². The number of aliphatic carboxylic acids is 1. The second kappa shape index (κ2) is 4.77. The van der Waals surface area contributed by atoms with Gasteiger partial charge in [0.25, 0.3) is 5.92 Å². The van der Waals surface area contributed by atoms with Crippen LogP contribution in [0.5, 0.6) is 5.75 Å². The molecule has 1 aromatic rings. The third-order valence-electron chi connectivity index (χ3n) is 3.50. The van der Waals surface area contributed by atoms with Crippen LogP contribution in [0.1, 0.15) is 12.0 Å². The summed E-state index contributed by atoms with van der Waals surface area (Å²) in [5.41, 5.74) is -2.15. The summed E-state index contributed by atoms with van der Waals surface area (Å²) < 4.78 is 33.1. The van der Waals surface area contributed by atoms with Gasteiger partial charge in [0.2, 0.25) is 0 Å². The minimum Gasteiger partial charge on any atom is -0.508 e. The van der Waals surface area contributed by atoms with Gasteiger partial charge >= 0.3 is 5.97 Å². The number of phenols is 1. The lowest BCUT2D eigenvalue weighted by molar-refractivity contribution is -0.215. The highest BCUT2D eigenvalue weighted by Gasteiger charge is 2.61. The summed E-state index contributed by atoms with van der Waals surface area (Å²) in [6.07, 6.45) is -1.10. The minimum absolute atomic E-state index is 0.164. The summed E-state index contributed by atoms with van der Waals surface area (Å²) in [6, 6.07) is 5.88. The van der Waals surface area contributed by atoms with Crippen LogP contribution in [0.3, 0.4) is 0 Å². The highest BCUT2D eigenvalue weighted by molar-refractivity contribution is 5.77. The number of rotatable bonds is 3. The number of halogens is 2. The fraction of sp³-hybridized carbons (Fsp3) is 0.462. The van der Waals surface area contributed by atoms with E-state index in [9.17, 15) is 23.8 Å². The maximum absolute atomic E-state index is 14.0. The zero-order valence-corrected chi connectivity index (χ0v) is 10.1. The lowest BCUT2D eigenvalue weighted by atomic mass is 9.74. The molecule has 1 aliphatic rings. The normalized spacial score (nSPS) is 26.0. The van der Waals surface area contributed by atoms with Gasteiger partial charge in [-0.1, -0.05) is 18.2 Å². The smallest absolute Gasteiger partial charge is 0.318 e. The number of carbonyl (C=O) groups is 1. The highest BCUT2D eigenvalue weighted by Crippen LogP contribution is 2.46. The van der Waals surface area contributed by atoms with Gasteiger partial charge in [0.05, 0.1) is 13.2 Å². The molecule has 2 rings (SSSR count). The molecule has 1 aromatic carbocycles. The number of alkyl halides is 2. The fourth-order valence-corrected chi connectivity index (χ4v) is 2.25. The van der Waals surface area contributed by atoms with Crippen LogP contribution in [0.2, 0.25) is 0 Å². The van der Waals surface area contributed by atoms with E-state index in [4.69, 9.17) is 4.74 Å². The minimum atomic E-state index is -3.38. The Morgan fingerprint density at radius 2 is 2.05 bits per heavy atom. The lowest BCUT2D eigenvalue weighted by Gasteiger charge is -2.40. The number of aromatic hydroxyl groups is 1. The number of carboxylic acids is 1. The van der Waals surface area contributed by atoms with Crippen molar-refractivity contribution in [1.29, 1.82) is 0 Å². The first kappa shape index (κ1) is 13.7. The molecule has 1 saturated heterocycles. The first-order chi connectivity index (χ1) is 8.89. The summed E-state index contributed by atoms with van der Waals surface area (Å²) in [5, 5.41) is 18.9. The molecule has 1 unspecified atom stereocenters. The van der Waals surface area contributed by atoms with Crippen LogP contribution in [0.25, 0.3) is 0 Å². The molecule has 0 saturated carbocycles. The maximum atomic E-state index is 14.0. The van der Waals surface area contributed by atoms with Gasteiger partial charge in [-0.05, 0) is 11.6 Å². The molecule has 104 valence electrons. The Bertz CT molecular complexity index is 489. The number of phenolic OH excluding ortho intramolecular Hbond substituents is 1. The molecule has 1 aliphatic heterocycles. The van der Waals surface area contributed by atoms with Crippen LogP contribution in [0.4, 0.5) is 8.78 Å². The van der Waals surface area contributed by atoms with Crippen molar-refractivity contribution in [2.24, 2.45) is 5.41 Å². The number of hydrogen-bond donors (Lipinski definition) is 2. The molecule has 1 heterocycles. The van der Waals surface area contributed by atoms with E-state index < -0.39 is 36.8 Å². The fourth-order valence-electron chi connectivity index (χ4n) is 2.25. The molecule has 0 amide bonds. The molecule has 0 bridgehead atoms. The lowest BCUT2D eigenvalue weighted by Crippen LogP contribution is -2.55. The summed E-state index contributed by atoms with van der Waals surface area (Å²) in [6.45, 7) is -0.730. The zero-order valence-electron chi connectivity index (χ0n) is 10.1. The van der Waals surface area contributed by atoms with Crippen LogP contribution >= 0.6 is 0 Å². The Hall–Kier alpha value is -1.69. The van der Waals surface area contributed by atoms with E-state index in [1.807, 2.05) is 0 Å². The van der Waals surface area contributed by atoms with Gasteiger partial charge in [0.1, 0.15) is 5.75 Å². The van der Waals surface area contributed by atoms with E-state index >= 15 is 0 Å². The monoisotopic (exact) mass is 272 g/mol. The van der Waals surface area contributed by atoms with E-state index in [0.29, 0.717) is 0 Å². The molecular formula is C13H14F2O4. The third-order valence-corrected chi connectivity index (χ3v) is 3.50. The first-order valence-corrected chi connectivity index (χ1v) is 5.85. The molecule has 1 atom stereocenters. The highest BCUT2D eigenvalue weighted by atomic mass is 19.3. The van der Waals surface area contributed by atoms with Gasteiger partial charge in [-0.15, -0.1) is 0 Å². The van der Waals surface area contributed by atoms with Gasteiger partial charge < -0.3 is 14.9 Å². The number of ether oxygens (including phenoxy) is 1. The van der Waals surface area contributed by atoms with Gasteiger partial charge in [0, 0.05) is 12.8 Å². The summed E-state index contributed by atoms with van der Waals surface area (Å²) in [4.78, 5) is 11.4. The summed E-state index contributed by atoms with van der Waals surface area (Å²) in [7, 11) is 0. The van der Waals surface area contributed by atoms with Crippen molar-refractivity contribution in [3.05, 3.63) is 29.8 Å². The summed E-state index contributed by atoms with van der Waals surface area (Å²) >= 11 is 0. The van der Waals surface area contributed by atoms with E-state index in [1.54, 1.807) is 12.1 Å². The van der Waals surface area contributed by atoms with E-state index in [2.05, 4.69) is 0 Å². The van der Waals surface area contributed by atoms with Gasteiger partial charge in [0.15, 0.2) is 5.41 Å². The predicted octanol–water partition coefficient (Wildman–Crippen LogP) is 2.06. The molecule has 0 aromatic heterocycles. The van der Waals surface area contributed by atoms with Gasteiger partial charge in [-0.3, -0.25) is 4.79 Å². The Balaban J connectivity index is 2.41. The van der Waals surface area contributed by atoms with Crippen LogP contribution < -0.4 is 0 Å². The zero-order chi connectivity index (χ0) is 14.1. The van der Waals surface area contributed by atoms with Crippen LogP contribution in [-0.2, 0) is 16.0 Å². The molecule has 1 fully saturated rings. The number of hydrogen-bond acceptors (Lipinski definition) is 3. The molecule has 0 spiro atoms. The Morgan fingerprint density at radius 1 is 1.37 bits per heavy atom. The van der Waals surface area contributed by atoms with Crippen molar-refractivity contribution in [2.45, 2.75) is 18.8 Å². The standard InChI is InChI=1S/C13H14F2O4/c14-13(15)5-6-19-8-12(13,11(17)18)7-9-3-1-2-4-10(9)16/h1-4,16H,5-8H2,(H,17,18).